The molecule has 0 aliphatic carbocycles. The molecule has 5 nitrogen and oxygen atoms in total. The van der Waals surface area contributed by atoms with Crippen LogP contribution in [0.2, 0.25) is 0 Å². The van der Waals surface area contributed by atoms with E-state index in [0.29, 0.717) is 5.56 Å². The number of halogens is 1. The van der Waals surface area contributed by atoms with Gasteiger partial charge in [0.05, 0.1) is 0 Å². The van der Waals surface area contributed by atoms with Crippen LogP contribution in [0.1, 0.15) is 18.9 Å². The Morgan fingerprint density at radius 3 is 2.78 bits per heavy atom. The van der Waals surface area contributed by atoms with Crippen LogP contribution in [0.25, 0.3) is 0 Å². The van der Waals surface area contributed by atoms with Crippen LogP contribution >= 0.6 is 15.9 Å². The van der Waals surface area contributed by atoms with Gasteiger partial charge in [0.2, 0.25) is 11.8 Å². The van der Waals surface area contributed by atoms with Gasteiger partial charge in [-0.3, -0.25) is 9.59 Å². The molecule has 2 amide bonds. The Balaban J connectivity index is 2.52. The fourth-order valence-electron chi connectivity index (χ4n) is 1.34. The van der Waals surface area contributed by atoms with E-state index in [1.165, 1.54) is 6.07 Å². The molecule has 18 heavy (non-hydrogen) atoms. The summed E-state index contributed by atoms with van der Waals surface area (Å²) in [7, 11) is 0. The fraction of sp³-hybridized carbons (Fsp3) is 0.333. The molecule has 1 atom stereocenters. The predicted molar refractivity (Wildman–Crippen MR) is 70.6 cm³/mol. The minimum atomic E-state index is -0.504. The van der Waals surface area contributed by atoms with Gasteiger partial charge in [0.15, 0.2) is 0 Å². The molecule has 6 heteroatoms. The van der Waals surface area contributed by atoms with Gasteiger partial charge in [-0.2, -0.15) is 0 Å². The summed E-state index contributed by atoms with van der Waals surface area (Å²) >= 11 is 3.28. The predicted octanol–water partition coefficient (Wildman–Crippen LogP) is 1.28. The van der Waals surface area contributed by atoms with Crippen LogP contribution < -0.4 is 11.1 Å². The van der Waals surface area contributed by atoms with Crippen molar-refractivity contribution < 1.29 is 14.7 Å². The third-order valence-corrected chi connectivity index (χ3v) is 2.99. The molecule has 0 aliphatic heterocycles. The van der Waals surface area contributed by atoms with Gasteiger partial charge < -0.3 is 16.2 Å². The van der Waals surface area contributed by atoms with Crippen molar-refractivity contribution in [3.05, 3.63) is 28.2 Å². The van der Waals surface area contributed by atoms with Crippen molar-refractivity contribution in [3.8, 4) is 5.75 Å². The van der Waals surface area contributed by atoms with Gasteiger partial charge in [0, 0.05) is 28.9 Å². The van der Waals surface area contributed by atoms with E-state index in [9.17, 15) is 14.7 Å². The number of carbonyl (C=O) groups excluding carboxylic acids is 2. The maximum Gasteiger partial charge on any atom is 0.221 e. The molecule has 1 rings (SSSR count). The first-order valence-electron chi connectivity index (χ1n) is 5.43. The van der Waals surface area contributed by atoms with Crippen molar-refractivity contribution >= 4 is 27.7 Å². The second-order valence-corrected chi connectivity index (χ2v) is 4.97. The molecule has 4 N–H and O–H groups in total. The quantitative estimate of drug-likeness (QED) is 0.764. The Kier molecular flexibility index (Phi) is 5.15. The Hall–Kier alpha value is -1.56. The second kappa shape index (κ2) is 6.39. The van der Waals surface area contributed by atoms with Gasteiger partial charge in [-0.25, -0.2) is 0 Å². The number of aromatic hydroxyl groups is 1. The summed E-state index contributed by atoms with van der Waals surface area (Å²) in [6, 6.07) is 4.96. The molecule has 1 aromatic rings. The molecular weight excluding hydrogens is 300 g/mol. The molecule has 98 valence electrons. The number of phenols is 1. The summed E-state index contributed by atoms with van der Waals surface area (Å²) in [4.78, 5) is 22.3. The van der Waals surface area contributed by atoms with E-state index in [1.54, 1.807) is 19.1 Å². The fourth-order valence-corrected chi connectivity index (χ4v) is 1.75. The van der Waals surface area contributed by atoms with Crippen molar-refractivity contribution in [1.29, 1.82) is 0 Å². The lowest BCUT2D eigenvalue weighted by atomic mass is 10.1. The standard InChI is InChI=1S/C12H15BrN2O3/c1-7(12(14)18)4-11(17)15-6-8-5-9(13)2-3-10(8)16/h2-3,5,7,16H,4,6H2,1H3,(H2,14,18)(H,15,17)/t7-/m0/s1. The highest BCUT2D eigenvalue weighted by molar-refractivity contribution is 9.10. The van der Waals surface area contributed by atoms with E-state index in [4.69, 9.17) is 5.73 Å². The summed E-state index contributed by atoms with van der Waals surface area (Å²) in [5.41, 5.74) is 5.67. The number of carbonyl (C=O) groups is 2. The third kappa shape index (κ3) is 4.37. The molecular formula is C12H15BrN2O3. The van der Waals surface area contributed by atoms with E-state index < -0.39 is 11.8 Å². The number of nitrogens with one attached hydrogen (secondary N) is 1. The van der Waals surface area contributed by atoms with E-state index in [2.05, 4.69) is 21.2 Å². The van der Waals surface area contributed by atoms with Crippen molar-refractivity contribution in [2.75, 3.05) is 0 Å². The summed E-state index contributed by atoms with van der Waals surface area (Å²) in [5.74, 6) is -1.17. The van der Waals surface area contributed by atoms with Crippen LogP contribution in [-0.4, -0.2) is 16.9 Å². The number of hydrogen-bond acceptors (Lipinski definition) is 3. The molecule has 0 spiro atoms. The van der Waals surface area contributed by atoms with Crippen molar-refractivity contribution in [2.24, 2.45) is 11.7 Å². The Morgan fingerprint density at radius 1 is 1.50 bits per heavy atom. The summed E-state index contributed by atoms with van der Waals surface area (Å²) < 4.78 is 0.815. The van der Waals surface area contributed by atoms with Gasteiger partial charge in [-0.1, -0.05) is 22.9 Å². The van der Waals surface area contributed by atoms with Crippen LogP contribution in [0.15, 0.2) is 22.7 Å². The van der Waals surface area contributed by atoms with Crippen molar-refractivity contribution in [2.45, 2.75) is 19.9 Å². The van der Waals surface area contributed by atoms with Crippen molar-refractivity contribution in [1.82, 2.24) is 5.32 Å². The number of phenolic OH excluding ortho intramolecular Hbond substituents is 1. The first kappa shape index (κ1) is 14.5. The first-order chi connectivity index (χ1) is 8.40. The summed E-state index contributed by atoms with van der Waals surface area (Å²) in [5, 5.41) is 12.2. The van der Waals surface area contributed by atoms with E-state index >= 15 is 0 Å². The number of rotatable bonds is 5. The highest BCUT2D eigenvalue weighted by atomic mass is 79.9. The monoisotopic (exact) mass is 314 g/mol. The molecule has 0 aliphatic rings. The summed E-state index contributed by atoms with van der Waals surface area (Å²) in [6.07, 6.45) is 0.0457. The summed E-state index contributed by atoms with van der Waals surface area (Å²) in [6.45, 7) is 1.80. The molecule has 0 unspecified atom stereocenters. The Bertz CT molecular complexity index is 463. The average molecular weight is 315 g/mol. The third-order valence-electron chi connectivity index (χ3n) is 2.49. The molecule has 0 bridgehead atoms. The van der Waals surface area contributed by atoms with E-state index in [1.807, 2.05) is 0 Å². The first-order valence-corrected chi connectivity index (χ1v) is 6.23. The molecule has 0 saturated heterocycles. The number of benzene rings is 1. The maximum atomic E-state index is 11.5. The highest BCUT2D eigenvalue weighted by Crippen LogP contribution is 2.21. The second-order valence-electron chi connectivity index (χ2n) is 4.06. The number of nitrogens with two attached hydrogens (primary N) is 1. The van der Waals surface area contributed by atoms with Crippen LogP contribution in [0.3, 0.4) is 0 Å². The Morgan fingerprint density at radius 2 is 2.17 bits per heavy atom. The van der Waals surface area contributed by atoms with Gasteiger partial charge in [-0.15, -0.1) is 0 Å². The number of primary amides is 1. The number of hydrogen-bond donors (Lipinski definition) is 3. The molecule has 0 aromatic heterocycles. The smallest absolute Gasteiger partial charge is 0.221 e. The lowest BCUT2D eigenvalue weighted by Gasteiger charge is -2.09. The minimum Gasteiger partial charge on any atom is -0.508 e. The number of amides is 2. The molecule has 1 aromatic carbocycles. The molecule has 0 heterocycles. The van der Waals surface area contributed by atoms with Crippen LogP contribution in [-0.2, 0) is 16.1 Å². The topological polar surface area (TPSA) is 92.4 Å². The Labute approximate surface area is 113 Å². The SMILES string of the molecule is C[C@@H](CC(=O)NCc1cc(Br)ccc1O)C(N)=O. The van der Waals surface area contributed by atoms with Crippen LogP contribution in [0, 0.1) is 5.92 Å². The van der Waals surface area contributed by atoms with E-state index in [-0.39, 0.29) is 24.6 Å². The van der Waals surface area contributed by atoms with E-state index in [0.717, 1.165) is 4.47 Å². The zero-order valence-corrected chi connectivity index (χ0v) is 11.5. The van der Waals surface area contributed by atoms with Gasteiger partial charge >= 0.3 is 0 Å². The minimum absolute atomic E-state index is 0.0457. The average Bonchev–Trinajstić information content (AvgIpc) is 2.30. The lowest BCUT2D eigenvalue weighted by molar-refractivity contribution is -0.128. The zero-order chi connectivity index (χ0) is 13.7. The van der Waals surface area contributed by atoms with Crippen LogP contribution in [0.5, 0.6) is 5.75 Å². The van der Waals surface area contributed by atoms with Crippen molar-refractivity contribution in [3.63, 3.8) is 0 Å². The van der Waals surface area contributed by atoms with Gasteiger partial charge in [0.1, 0.15) is 5.75 Å². The van der Waals surface area contributed by atoms with Crippen LogP contribution in [0.4, 0.5) is 0 Å². The largest absolute Gasteiger partial charge is 0.508 e. The molecule has 0 radical (unpaired) electrons. The van der Waals surface area contributed by atoms with Gasteiger partial charge in [-0.05, 0) is 18.2 Å². The maximum absolute atomic E-state index is 11.5. The molecule has 0 saturated carbocycles. The normalized spacial score (nSPS) is 11.9. The lowest BCUT2D eigenvalue weighted by Crippen LogP contribution is -2.29. The highest BCUT2D eigenvalue weighted by Gasteiger charge is 2.14. The molecule has 0 fully saturated rings. The zero-order valence-electron chi connectivity index (χ0n) is 9.94. The van der Waals surface area contributed by atoms with Gasteiger partial charge in [0.25, 0.3) is 0 Å².